The van der Waals surface area contributed by atoms with Crippen LogP contribution in [0.1, 0.15) is 42.7 Å². The number of alkyl halides is 4. The third kappa shape index (κ3) is 3.71. The molecule has 1 rings (SSSR count). The van der Waals surface area contributed by atoms with Crippen LogP contribution in [0.3, 0.4) is 0 Å². The molecule has 0 bridgehead atoms. The van der Waals surface area contributed by atoms with Gasteiger partial charge in [-0.1, -0.05) is 38.0 Å². The molecule has 0 aromatic heterocycles. The van der Waals surface area contributed by atoms with Gasteiger partial charge in [0.1, 0.15) is 0 Å². The molecule has 0 saturated heterocycles. The van der Waals surface area contributed by atoms with Crippen LogP contribution in [0.25, 0.3) is 0 Å². The minimum Gasteiger partial charge on any atom is -0.166 e. The lowest BCUT2D eigenvalue weighted by molar-refractivity contribution is -0.137. The first-order valence-corrected chi connectivity index (χ1v) is 5.70. The predicted molar refractivity (Wildman–Crippen MR) is 59.6 cm³/mol. The minimum atomic E-state index is -4.29. The number of benzene rings is 1. The van der Waals surface area contributed by atoms with Gasteiger partial charge in [0.2, 0.25) is 0 Å². The van der Waals surface area contributed by atoms with Crippen molar-refractivity contribution < 1.29 is 13.2 Å². The number of rotatable bonds is 4. The molecule has 0 heterocycles. The van der Waals surface area contributed by atoms with Gasteiger partial charge in [-0.25, -0.2) is 0 Å². The van der Waals surface area contributed by atoms with Crippen molar-refractivity contribution in [1.29, 1.82) is 0 Å². The summed E-state index contributed by atoms with van der Waals surface area (Å²) in [5.41, 5.74) is -0.0860. The molecular formula is C12H14ClF3. The van der Waals surface area contributed by atoms with E-state index in [1.165, 1.54) is 6.07 Å². The van der Waals surface area contributed by atoms with Gasteiger partial charge < -0.3 is 0 Å². The van der Waals surface area contributed by atoms with Crippen LogP contribution >= 0.6 is 11.6 Å². The summed E-state index contributed by atoms with van der Waals surface area (Å²) in [6, 6.07) is 5.24. The summed E-state index contributed by atoms with van der Waals surface area (Å²) >= 11 is 6.04. The Kier molecular flexibility index (Phi) is 4.66. The van der Waals surface area contributed by atoms with Gasteiger partial charge in [-0.05, 0) is 18.1 Å². The standard InChI is InChI=1S/C12H14ClF3/c1-2-3-7-11(13)9-5-4-6-10(8-9)12(14,15)16/h4-6,8,11H,2-3,7H2,1H3. The highest BCUT2D eigenvalue weighted by molar-refractivity contribution is 6.20. The Morgan fingerprint density at radius 3 is 2.56 bits per heavy atom. The number of unbranched alkanes of at least 4 members (excludes halogenated alkanes) is 1. The molecule has 0 amide bonds. The molecule has 1 aromatic rings. The van der Waals surface area contributed by atoms with E-state index in [0.29, 0.717) is 12.0 Å². The maximum Gasteiger partial charge on any atom is 0.416 e. The maximum absolute atomic E-state index is 12.4. The molecular weight excluding hydrogens is 237 g/mol. The van der Waals surface area contributed by atoms with Crippen molar-refractivity contribution in [1.82, 2.24) is 0 Å². The molecule has 0 aliphatic heterocycles. The SMILES string of the molecule is CCCCC(Cl)c1cccc(C(F)(F)F)c1. The fraction of sp³-hybridized carbons (Fsp3) is 0.500. The quantitative estimate of drug-likeness (QED) is 0.646. The number of halogens is 4. The first kappa shape index (κ1) is 13.4. The van der Waals surface area contributed by atoms with Crippen molar-refractivity contribution >= 4 is 11.6 Å². The van der Waals surface area contributed by atoms with Crippen molar-refractivity contribution in [3.63, 3.8) is 0 Å². The van der Waals surface area contributed by atoms with Crippen LogP contribution in [-0.4, -0.2) is 0 Å². The van der Waals surface area contributed by atoms with E-state index < -0.39 is 11.7 Å². The molecule has 90 valence electrons. The number of hydrogen-bond acceptors (Lipinski definition) is 0. The largest absolute Gasteiger partial charge is 0.416 e. The minimum absolute atomic E-state index is 0.331. The van der Waals surface area contributed by atoms with E-state index in [1.807, 2.05) is 6.92 Å². The van der Waals surface area contributed by atoms with Crippen LogP contribution in [0, 0.1) is 0 Å². The van der Waals surface area contributed by atoms with Crippen molar-refractivity contribution in [2.45, 2.75) is 37.7 Å². The molecule has 0 nitrogen and oxygen atoms in total. The fourth-order valence-electron chi connectivity index (χ4n) is 1.46. The lowest BCUT2D eigenvalue weighted by atomic mass is 10.0. The van der Waals surface area contributed by atoms with E-state index >= 15 is 0 Å². The second kappa shape index (κ2) is 5.58. The molecule has 1 unspecified atom stereocenters. The van der Waals surface area contributed by atoms with E-state index in [-0.39, 0.29) is 5.38 Å². The summed E-state index contributed by atoms with van der Waals surface area (Å²) in [5.74, 6) is 0. The van der Waals surface area contributed by atoms with Crippen LogP contribution < -0.4 is 0 Å². The van der Waals surface area contributed by atoms with E-state index in [9.17, 15) is 13.2 Å². The lowest BCUT2D eigenvalue weighted by Crippen LogP contribution is -2.05. The Labute approximate surface area is 98.4 Å². The van der Waals surface area contributed by atoms with Crippen LogP contribution in [0.4, 0.5) is 13.2 Å². The van der Waals surface area contributed by atoms with Crippen LogP contribution in [0.15, 0.2) is 24.3 Å². The molecule has 1 aromatic carbocycles. The zero-order chi connectivity index (χ0) is 12.2. The van der Waals surface area contributed by atoms with Gasteiger partial charge in [-0.3, -0.25) is 0 Å². The van der Waals surface area contributed by atoms with Crippen LogP contribution in [0.2, 0.25) is 0 Å². The van der Waals surface area contributed by atoms with Gasteiger partial charge in [-0.2, -0.15) is 13.2 Å². The van der Waals surface area contributed by atoms with Crippen molar-refractivity contribution in [3.05, 3.63) is 35.4 Å². The van der Waals surface area contributed by atoms with E-state index in [2.05, 4.69) is 0 Å². The topological polar surface area (TPSA) is 0 Å². The van der Waals surface area contributed by atoms with Gasteiger partial charge >= 0.3 is 6.18 Å². The molecule has 0 aliphatic rings. The summed E-state index contributed by atoms with van der Waals surface area (Å²) in [6.45, 7) is 2.02. The summed E-state index contributed by atoms with van der Waals surface area (Å²) < 4.78 is 37.3. The average Bonchev–Trinajstić information content (AvgIpc) is 2.25. The fourth-order valence-corrected chi connectivity index (χ4v) is 1.75. The third-order valence-corrected chi connectivity index (χ3v) is 2.86. The second-order valence-electron chi connectivity index (χ2n) is 3.73. The highest BCUT2D eigenvalue weighted by Crippen LogP contribution is 2.33. The highest BCUT2D eigenvalue weighted by atomic mass is 35.5. The van der Waals surface area contributed by atoms with E-state index in [4.69, 9.17) is 11.6 Å². The first-order valence-electron chi connectivity index (χ1n) is 5.26. The molecule has 0 N–H and O–H groups in total. The summed E-state index contributed by atoms with van der Waals surface area (Å²) in [7, 11) is 0. The highest BCUT2D eigenvalue weighted by Gasteiger charge is 2.30. The number of hydrogen-bond donors (Lipinski definition) is 0. The van der Waals surface area contributed by atoms with Crippen molar-refractivity contribution in [2.75, 3.05) is 0 Å². The molecule has 0 fully saturated rings. The Morgan fingerprint density at radius 2 is 2.00 bits per heavy atom. The van der Waals surface area contributed by atoms with E-state index in [0.717, 1.165) is 25.0 Å². The van der Waals surface area contributed by atoms with Gasteiger partial charge in [0.25, 0.3) is 0 Å². The zero-order valence-electron chi connectivity index (χ0n) is 9.02. The average molecular weight is 251 g/mol. The van der Waals surface area contributed by atoms with Gasteiger partial charge in [0, 0.05) is 0 Å². The first-order chi connectivity index (χ1) is 7.45. The summed E-state index contributed by atoms with van der Waals surface area (Å²) in [5, 5.41) is -0.331. The normalized spacial score (nSPS) is 13.8. The lowest BCUT2D eigenvalue weighted by Gasteiger charge is -2.12. The smallest absolute Gasteiger partial charge is 0.166 e. The molecule has 1 atom stereocenters. The summed E-state index contributed by atoms with van der Waals surface area (Å²) in [6.07, 6.45) is -1.68. The Bertz CT molecular complexity index is 333. The third-order valence-electron chi connectivity index (χ3n) is 2.39. The Balaban J connectivity index is 2.82. The summed E-state index contributed by atoms with van der Waals surface area (Å²) in [4.78, 5) is 0. The molecule has 4 heteroatoms. The molecule has 0 spiro atoms. The molecule has 16 heavy (non-hydrogen) atoms. The molecule has 0 saturated carbocycles. The van der Waals surface area contributed by atoms with Crippen LogP contribution in [-0.2, 0) is 6.18 Å². The Morgan fingerprint density at radius 1 is 1.31 bits per heavy atom. The molecule has 0 radical (unpaired) electrons. The van der Waals surface area contributed by atoms with Crippen molar-refractivity contribution in [3.8, 4) is 0 Å². The maximum atomic E-state index is 12.4. The van der Waals surface area contributed by atoms with Gasteiger partial charge in [-0.15, -0.1) is 11.6 Å². The van der Waals surface area contributed by atoms with Gasteiger partial charge in [0.15, 0.2) is 0 Å². The van der Waals surface area contributed by atoms with E-state index in [1.54, 1.807) is 6.07 Å². The zero-order valence-corrected chi connectivity index (χ0v) is 9.78. The van der Waals surface area contributed by atoms with Crippen molar-refractivity contribution in [2.24, 2.45) is 0 Å². The molecule has 0 aliphatic carbocycles. The predicted octanol–water partition coefficient (Wildman–Crippen LogP) is 5.18. The Hall–Kier alpha value is -0.700. The second-order valence-corrected chi connectivity index (χ2v) is 4.26. The monoisotopic (exact) mass is 250 g/mol. The van der Waals surface area contributed by atoms with Gasteiger partial charge in [0.05, 0.1) is 10.9 Å². The van der Waals surface area contributed by atoms with Crippen LogP contribution in [0.5, 0.6) is 0 Å².